The maximum atomic E-state index is 9.47. The van der Waals surface area contributed by atoms with Gasteiger partial charge in [0, 0.05) is 6.08 Å². The Kier molecular flexibility index (Phi) is 2.23. The molecule has 2 heteroatoms. The van der Waals surface area contributed by atoms with Gasteiger partial charge in [0.2, 0.25) is 0 Å². The first kappa shape index (κ1) is 7.19. The zero-order chi connectivity index (χ0) is 6.62. The first-order valence-corrected chi connectivity index (χ1v) is 2.26. The lowest BCUT2D eigenvalue weighted by molar-refractivity contribution is 0.133. The summed E-state index contributed by atoms with van der Waals surface area (Å²) >= 11 is 0. The van der Waals surface area contributed by atoms with Crippen molar-refractivity contribution in [3.8, 4) is 0 Å². The lowest BCUT2D eigenvalue weighted by atomic mass is 10.1. The molecule has 0 atom stereocenters. The van der Waals surface area contributed by atoms with E-state index in [9.17, 15) is 4.79 Å². The van der Waals surface area contributed by atoms with Crippen LogP contribution in [-0.4, -0.2) is 16.6 Å². The molecule has 0 rings (SSSR count). The molecule has 0 saturated heterocycles. The normalized spacial score (nSPS) is 9.38. The van der Waals surface area contributed by atoms with Gasteiger partial charge in [0.15, 0.2) is 5.94 Å². The molecule has 44 valence electrons. The predicted molar refractivity (Wildman–Crippen MR) is 30.1 cm³/mol. The van der Waals surface area contributed by atoms with E-state index in [1.54, 1.807) is 13.8 Å². The molecular formula is C6H8O2. The Hall–Kier alpha value is -0.810. The number of aliphatic hydroxyl groups is 1. The molecular weight excluding hydrogens is 104 g/mol. The van der Waals surface area contributed by atoms with Gasteiger partial charge in [0.05, 0.1) is 5.60 Å². The Labute approximate surface area is 48.1 Å². The van der Waals surface area contributed by atoms with E-state index < -0.39 is 5.60 Å². The second kappa shape index (κ2) is 2.49. The third kappa shape index (κ3) is 5.19. The van der Waals surface area contributed by atoms with Crippen LogP contribution < -0.4 is 0 Å². The summed E-state index contributed by atoms with van der Waals surface area (Å²) in [6.07, 6.45) is 1.25. The monoisotopic (exact) mass is 112 g/mol. The highest BCUT2D eigenvalue weighted by Gasteiger charge is 2.04. The number of rotatable bonds is 1. The van der Waals surface area contributed by atoms with Crippen molar-refractivity contribution in [2.75, 3.05) is 0 Å². The maximum absolute atomic E-state index is 9.47. The molecule has 0 unspecified atom stereocenters. The molecule has 0 saturated carbocycles. The SMILES string of the molecule is CC(C)(O)C=C=C=O. The van der Waals surface area contributed by atoms with Crippen LogP contribution in [0.4, 0.5) is 0 Å². The summed E-state index contributed by atoms with van der Waals surface area (Å²) in [6.45, 7) is 3.11. The molecule has 0 aromatic carbocycles. The molecule has 0 aromatic heterocycles. The third-order valence-corrected chi connectivity index (χ3v) is 0.484. The van der Waals surface area contributed by atoms with Crippen molar-refractivity contribution in [1.82, 2.24) is 0 Å². The van der Waals surface area contributed by atoms with Crippen LogP contribution >= 0.6 is 0 Å². The maximum Gasteiger partial charge on any atom is 0.176 e. The third-order valence-electron chi connectivity index (χ3n) is 0.484. The Morgan fingerprint density at radius 2 is 2.12 bits per heavy atom. The number of carbonyl (C=O) groups excluding carboxylic acids is 1. The van der Waals surface area contributed by atoms with Crippen molar-refractivity contribution in [2.24, 2.45) is 0 Å². The lowest BCUT2D eigenvalue weighted by Crippen LogP contribution is -2.12. The van der Waals surface area contributed by atoms with E-state index in [2.05, 4.69) is 5.73 Å². The molecule has 0 radical (unpaired) electrons. The fourth-order valence-electron chi connectivity index (χ4n) is 0.206. The lowest BCUT2D eigenvalue weighted by Gasteiger charge is -2.06. The molecule has 0 aromatic rings. The van der Waals surface area contributed by atoms with E-state index in [-0.39, 0.29) is 0 Å². The molecule has 1 N–H and O–H groups in total. The van der Waals surface area contributed by atoms with E-state index in [0.29, 0.717) is 0 Å². The summed E-state index contributed by atoms with van der Waals surface area (Å²) in [6, 6.07) is 0. The average molecular weight is 112 g/mol. The van der Waals surface area contributed by atoms with Crippen LogP contribution in [0.15, 0.2) is 11.8 Å². The van der Waals surface area contributed by atoms with Crippen molar-refractivity contribution in [3.63, 3.8) is 0 Å². The molecule has 0 aliphatic rings. The Balaban J connectivity index is 4.10. The molecule has 0 spiro atoms. The van der Waals surface area contributed by atoms with Gasteiger partial charge in [-0.05, 0) is 19.6 Å². The van der Waals surface area contributed by atoms with Gasteiger partial charge in [-0.2, -0.15) is 0 Å². The Bertz CT molecular complexity index is 140. The van der Waals surface area contributed by atoms with Crippen LogP contribution in [0.2, 0.25) is 0 Å². The minimum atomic E-state index is -0.947. The molecule has 2 nitrogen and oxygen atoms in total. The highest BCUT2D eigenvalue weighted by molar-refractivity contribution is 5.44. The molecule has 0 fully saturated rings. The average Bonchev–Trinajstić information content (AvgIpc) is 1.59. The Morgan fingerprint density at radius 3 is 2.25 bits per heavy atom. The fourth-order valence-corrected chi connectivity index (χ4v) is 0.206. The molecule has 0 aliphatic heterocycles. The summed E-state index contributed by atoms with van der Waals surface area (Å²) in [5.41, 5.74) is 1.16. The quantitative estimate of drug-likeness (QED) is 0.391. The molecule has 0 amide bonds. The highest BCUT2D eigenvalue weighted by atomic mass is 16.3. The van der Waals surface area contributed by atoms with E-state index in [1.165, 1.54) is 12.0 Å². The number of hydrogen-bond donors (Lipinski definition) is 1. The zero-order valence-electron chi connectivity index (χ0n) is 4.93. The zero-order valence-corrected chi connectivity index (χ0v) is 4.93. The topological polar surface area (TPSA) is 37.3 Å². The van der Waals surface area contributed by atoms with Gasteiger partial charge in [-0.25, -0.2) is 4.79 Å². The van der Waals surface area contributed by atoms with Crippen molar-refractivity contribution in [2.45, 2.75) is 19.4 Å². The minimum Gasteiger partial charge on any atom is -0.386 e. The van der Waals surface area contributed by atoms with Crippen LogP contribution in [-0.2, 0) is 4.79 Å². The van der Waals surface area contributed by atoms with Crippen molar-refractivity contribution in [1.29, 1.82) is 0 Å². The summed E-state index contributed by atoms with van der Waals surface area (Å²) in [4.78, 5) is 9.47. The van der Waals surface area contributed by atoms with Crippen LogP contribution in [0.25, 0.3) is 0 Å². The summed E-state index contributed by atoms with van der Waals surface area (Å²) in [5, 5.41) is 8.85. The van der Waals surface area contributed by atoms with Gasteiger partial charge >= 0.3 is 0 Å². The van der Waals surface area contributed by atoms with Crippen molar-refractivity contribution in [3.05, 3.63) is 11.8 Å². The molecule has 8 heavy (non-hydrogen) atoms. The van der Waals surface area contributed by atoms with Crippen LogP contribution in [0.5, 0.6) is 0 Å². The highest BCUT2D eigenvalue weighted by Crippen LogP contribution is 1.99. The van der Waals surface area contributed by atoms with Gasteiger partial charge in [0.1, 0.15) is 0 Å². The summed E-state index contributed by atoms with van der Waals surface area (Å²) in [5.74, 6) is 1.41. The van der Waals surface area contributed by atoms with Gasteiger partial charge in [-0.15, -0.1) is 0 Å². The van der Waals surface area contributed by atoms with Crippen LogP contribution in [0.3, 0.4) is 0 Å². The summed E-state index contributed by atoms with van der Waals surface area (Å²) < 4.78 is 0. The molecule has 0 heterocycles. The second-order valence-electron chi connectivity index (χ2n) is 2.04. The van der Waals surface area contributed by atoms with E-state index >= 15 is 0 Å². The van der Waals surface area contributed by atoms with Gasteiger partial charge in [0.25, 0.3) is 0 Å². The van der Waals surface area contributed by atoms with Gasteiger partial charge < -0.3 is 5.11 Å². The van der Waals surface area contributed by atoms with Gasteiger partial charge in [-0.1, -0.05) is 0 Å². The summed E-state index contributed by atoms with van der Waals surface area (Å²) in [7, 11) is 0. The van der Waals surface area contributed by atoms with Crippen LogP contribution in [0, 0.1) is 0 Å². The largest absolute Gasteiger partial charge is 0.386 e. The standard InChI is InChI=1S/C6H8O2/c1-6(2,8)4-3-5-7/h4,8H,1-2H3. The minimum absolute atomic E-state index is 0.947. The van der Waals surface area contributed by atoms with Crippen molar-refractivity contribution >= 4 is 5.94 Å². The van der Waals surface area contributed by atoms with E-state index in [1.807, 2.05) is 0 Å². The van der Waals surface area contributed by atoms with Crippen molar-refractivity contribution < 1.29 is 9.90 Å². The predicted octanol–water partition coefficient (Wildman–Crippen LogP) is 0.300. The fraction of sp³-hybridized carbons (Fsp3) is 0.500. The Morgan fingerprint density at radius 1 is 1.62 bits per heavy atom. The second-order valence-corrected chi connectivity index (χ2v) is 2.04. The smallest absolute Gasteiger partial charge is 0.176 e. The first-order valence-electron chi connectivity index (χ1n) is 2.26. The number of hydrogen-bond acceptors (Lipinski definition) is 2. The molecule has 0 aliphatic carbocycles. The van der Waals surface area contributed by atoms with Crippen LogP contribution in [0.1, 0.15) is 13.8 Å². The van der Waals surface area contributed by atoms with E-state index in [4.69, 9.17) is 5.11 Å². The van der Waals surface area contributed by atoms with E-state index in [0.717, 1.165) is 0 Å². The van der Waals surface area contributed by atoms with Gasteiger partial charge in [-0.3, -0.25) is 0 Å². The molecule has 0 bridgehead atoms. The first-order chi connectivity index (χ1) is 3.56.